The van der Waals surface area contributed by atoms with E-state index in [0.29, 0.717) is 12.5 Å². The molecule has 0 radical (unpaired) electrons. The van der Waals surface area contributed by atoms with Gasteiger partial charge in [0.15, 0.2) is 0 Å². The van der Waals surface area contributed by atoms with Crippen LogP contribution < -0.4 is 20.7 Å². The Hall–Kier alpha value is -1.63. The molecule has 20 heavy (non-hydrogen) atoms. The number of hydrogen-bond acceptors (Lipinski definition) is 7. The molecule has 3 unspecified atom stereocenters. The zero-order valence-corrected chi connectivity index (χ0v) is 12.3. The second-order valence-corrected chi connectivity index (χ2v) is 5.31. The van der Waals surface area contributed by atoms with Crippen molar-refractivity contribution < 1.29 is 9.47 Å². The van der Waals surface area contributed by atoms with Crippen molar-refractivity contribution in [3.8, 4) is 12.0 Å². The SMILES string of the molecule is CCOc1nc(NN)nc(OC2CCC(C)C(C)C2)n1. The van der Waals surface area contributed by atoms with Crippen molar-refractivity contribution in [1.82, 2.24) is 15.0 Å². The number of hydrogen-bond donors (Lipinski definition) is 2. The molecule has 112 valence electrons. The Morgan fingerprint density at radius 1 is 1.15 bits per heavy atom. The minimum atomic E-state index is 0.142. The number of nitrogens with one attached hydrogen (secondary N) is 1. The Balaban J connectivity index is 2.06. The topological polar surface area (TPSA) is 95.2 Å². The molecule has 1 saturated carbocycles. The molecule has 0 bridgehead atoms. The molecule has 1 aliphatic rings. The Kier molecular flexibility index (Phi) is 4.94. The maximum absolute atomic E-state index is 5.87. The maximum Gasteiger partial charge on any atom is 0.324 e. The summed E-state index contributed by atoms with van der Waals surface area (Å²) in [5.74, 6) is 6.98. The van der Waals surface area contributed by atoms with E-state index in [1.54, 1.807) is 0 Å². The summed E-state index contributed by atoms with van der Waals surface area (Å²) in [6.07, 6.45) is 3.34. The third-order valence-corrected chi connectivity index (χ3v) is 3.82. The highest BCUT2D eigenvalue weighted by Crippen LogP contribution is 2.31. The fourth-order valence-corrected chi connectivity index (χ4v) is 2.40. The fourth-order valence-electron chi connectivity index (χ4n) is 2.40. The van der Waals surface area contributed by atoms with Gasteiger partial charge in [0.25, 0.3) is 0 Å². The van der Waals surface area contributed by atoms with Gasteiger partial charge in [0.1, 0.15) is 6.10 Å². The van der Waals surface area contributed by atoms with Crippen molar-refractivity contribution in [3.63, 3.8) is 0 Å². The molecule has 0 spiro atoms. The summed E-state index contributed by atoms with van der Waals surface area (Å²) in [5, 5.41) is 0. The molecule has 0 saturated heterocycles. The molecular weight excluding hydrogens is 258 g/mol. The molecule has 1 aliphatic carbocycles. The number of anilines is 1. The zero-order chi connectivity index (χ0) is 14.5. The first-order valence-electron chi connectivity index (χ1n) is 7.14. The standard InChI is InChI=1S/C13H23N5O2/c1-4-19-12-15-11(18-14)16-13(17-12)20-10-6-5-8(2)9(3)7-10/h8-10H,4-7,14H2,1-3H3,(H,15,16,17,18). The lowest BCUT2D eigenvalue weighted by Crippen LogP contribution is -2.29. The van der Waals surface area contributed by atoms with Crippen molar-refractivity contribution in [3.05, 3.63) is 0 Å². The number of nitrogens with two attached hydrogens (primary N) is 1. The molecule has 2 rings (SSSR count). The monoisotopic (exact) mass is 281 g/mol. The van der Waals surface area contributed by atoms with Crippen molar-refractivity contribution in [2.75, 3.05) is 12.0 Å². The highest BCUT2D eigenvalue weighted by Gasteiger charge is 2.26. The van der Waals surface area contributed by atoms with E-state index in [4.69, 9.17) is 15.3 Å². The molecule has 0 aliphatic heterocycles. The Morgan fingerprint density at radius 3 is 2.55 bits per heavy atom. The van der Waals surface area contributed by atoms with Crippen LogP contribution in [0.2, 0.25) is 0 Å². The molecule has 3 N–H and O–H groups in total. The van der Waals surface area contributed by atoms with Gasteiger partial charge in [-0.05, 0) is 38.0 Å². The molecule has 7 nitrogen and oxygen atoms in total. The first-order chi connectivity index (χ1) is 9.62. The third kappa shape index (κ3) is 3.69. The summed E-state index contributed by atoms with van der Waals surface area (Å²) >= 11 is 0. The van der Waals surface area contributed by atoms with Crippen LogP contribution in [0.5, 0.6) is 12.0 Å². The summed E-state index contributed by atoms with van der Waals surface area (Å²) < 4.78 is 11.1. The van der Waals surface area contributed by atoms with Crippen molar-refractivity contribution >= 4 is 5.95 Å². The summed E-state index contributed by atoms with van der Waals surface area (Å²) in [6, 6.07) is 0.492. The predicted molar refractivity (Wildman–Crippen MR) is 75.4 cm³/mol. The summed E-state index contributed by atoms with van der Waals surface area (Å²) in [5.41, 5.74) is 2.40. The highest BCUT2D eigenvalue weighted by atomic mass is 16.5. The number of aromatic nitrogens is 3. The van der Waals surface area contributed by atoms with Crippen molar-refractivity contribution in [2.45, 2.75) is 46.1 Å². The highest BCUT2D eigenvalue weighted by molar-refractivity contribution is 5.25. The second kappa shape index (κ2) is 6.69. The molecule has 1 aromatic rings. The smallest absolute Gasteiger partial charge is 0.324 e. The van der Waals surface area contributed by atoms with E-state index in [2.05, 4.69) is 34.2 Å². The first kappa shape index (κ1) is 14.8. The normalized spacial score (nSPS) is 26.1. The maximum atomic E-state index is 5.87. The average Bonchev–Trinajstić information content (AvgIpc) is 2.43. The van der Waals surface area contributed by atoms with E-state index in [1.165, 1.54) is 0 Å². The van der Waals surface area contributed by atoms with Crippen LogP contribution in [0, 0.1) is 11.8 Å². The van der Waals surface area contributed by atoms with Crippen LogP contribution in [0.15, 0.2) is 0 Å². The minimum absolute atomic E-state index is 0.142. The number of nitrogens with zero attached hydrogens (tertiary/aromatic N) is 3. The molecule has 7 heteroatoms. The Bertz CT molecular complexity index is 443. The van der Waals surface area contributed by atoms with Crippen LogP contribution in [-0.4, -0.2) is 27.7 Å². The van der Waals surface area contributed by atoms with Crippen LogP contribution in [0.4, 0.5) is 5.95 Å². The molecule has 3 atom stereocenters. The minimum Gasteiger partial charge on any atom is -0.464 e. The molecule has 1 aromatic heterocycles. The third-order valence-electron chi connectivity index (χ3n) is 3.82. The van der Waals surface area contributed by atoms with Gasteiger partial charge in [0, 0.05) is 0 Å². The van der Waals surface area contributed by atoms with Gasteiger partial charge in [-0.15, -0.1) is 4.98 Å². The van der Waals surface area contributed by atoms with E-state index in [9.17, 15) is 0 Å². The van der Waals surface area contributed by atoms with Gasteiger partial charge in [-0.1, -0.05) is 13.8 Å². The summed E-state index contributed by atoms with van der Waals surface area (Å²) in [6.45, 7) is 6.88. The molecular formula is C13H23N5O2. The summed E-state index contributed by atoms with van der Waals surface area (Å²) in [7, 11) is 0. The van der Waals surface area contributed by atoms with Gasteiger partial charge < -0.3 is 9.47 Å². The molecule has 1 fully saturated rings. The molecule has 0 amide bonds. The van der Waals surface area contributed by atoms with Crippen LogP contribution >= 0.6 is 0 Å². The van der Waals surface area contributed by atoms with Gasteiger partial charge in [-0.25, -0.2) is 5.84 Å². The van der Waals surface area contributed by atoms with E-state index in [1.807, 2.05) is 6.92 Å². The summed E-state index contributed by atoms with van der Waals surface area (Å²) in [4.78, 5) is 12.3. The average molecular weight is 281 g/mol. The van der Waals surface area contributed by atoms with Crippen LogP contribution in [0.1, 0.15) is 40.0 Å². The van der Waals surface area contributed by atoms with Crippen molar-refractivity contribution in [1.29, 1.82) is 0 Å². The van der Waals surface area contributed by atoms with Crippen LogP contribution in [0.3, 0.4) is 0 Å². The lowest BCUT2D eigenvalue weighted by atomic mass is 9.80. The molecule has 0 aromatic carbocycles. The van der Waals surface area contributed by atoms with Gasteiger partial charge in [-0.3, -0.25) is 5.43 Å². The number of hydrazine groups is 1. The number of nitrogen functional groups attached to an aromatic ring is 1. The van der Waals surface area contributed by atoms with Gasteiger partial charge in [0.2, 0.25) is 5.95 Å². The number of rotatable bonds is 5. The van der Waals surface area contributed by atoms with Crippen molar-refractivity contribution in [2.24, 2.45) is 17.7 Å². The van der Waals surface area contributed by atoms with E-state index in [-0.39, 0.29) is 24.1 Å². The van der Waals surface area contributed by atoms with Gasteiger partial charge in [0.05, 0.1) is 6.61 Å². The van der Waals surface area contributed by atoms with E-state index < -0.39 is 0 Å². The largest absolute Gasteiger partial charge is 0.464 e. The van der Waals surface area contributed by atoms with E-state index in [0.717, 1.165) is 25.2 Å². The van der Waals surface area contributed by atoms with Crippen LogP contribution in [0.25, 0.3) is 0 Å². The molecule has 1 heterocycles. The van der Waals surface area contributed by atoms with Crippen LogP contribution in [-0.2, 0) is 0 Å². The number of ether oxygens (including phenoxy) is 2. The fraction of sp³-hybridized carbons (Fsp3) is 0.769. The predicted octanol–water partition coefficient (Wildman–Crippen LogP) is 1.76. The first-order valence-corrected chi connectivity index (χ1v) is 7.14. The van der Waals surface area contributed by atoms with E-state index >= 15 is 0 Å². The Labute approximate surface area is 119 Å². The van der Waals surface area contributed by atoms with Gasteiger partial charge >= 0.3 is 12.0 Å². The lowest BCUT2D eigenvalue weighted by molar-refractivity contribution is 0.0907. The second-order valence-electron chi connectivity index (χ2n) is 5.31. The van der Waals surface area contributed by atoms with Gasteiger partial charge in [-0.2, -0.15) is 9.97 Å². The quantitative estimate of drug-likeness (QED) is 0.627. The zero-order valence-electron chi connectivity index (χ0n) is 12.3. The Morgan fingerprint density at radius 2 is 1.90 bits per heavy atom. The lowest BCUT2D eigenvalue weighted by Gasteiger charge is -2.31.